The topological polar surface area (TPSA) is 54.1 Å². The Morgan fingerprint density at radius 3 is 1.47 bits per heavy atom. The number of allylic oxidation sites excluding steroid dienone is 7. The first kappa shape index (κ1) is 36.2. The molecule has 0 saturated heterocycles. The predicted molar refractivity (Wildman–Crippen MR) is 241 cm³/mol. The summed E-state index contributed by atoms with van der Waals surface area (Å²) in [4.78, 5) is 4.80. The van der Waals surface area contributed by atoms with Crippen LogP contribution in [-0.4, -0.2) is 0 Å². The molecule has 4 nitrogen and oxygen atoms in total. The van der Waals surface area contributed by atoms with Crippen molar-refractivity contribution in [2.75, 3.05) is 9.80 Å². The van der Waals surface area contributed by atoms with Gasteiger partial charge in [-0.3, -0.25) is 0 Å². The highest BCUT2D eigenvalue weighted by Crippen LogP contribution is 2.64. The van der Waals surface area contributed by atoms with E-state index in [-0.39, 0.29) is 0 Å². The molecule has 4 aliphatic carbocycles. The number of anilines is 4. The minimum atomic E-state index is -0.804. The van der Waals surface area contributed by atoms with Gasteiger partial charge in [0.2, 0.25) is 0 Å². The Morgan fingerprint density at radius 2 is 1.02 bits per heavy atom. The quantitative estimate of drug-likeness (QED) is 0.169. The van der Waals surface area contributed by atoms with Crippen LogP contribution in [0.25, 0.3) is 22.3 Å². The Hall–Kier alpha value is -7.14. The van der Waals surface area contributed by atoms with E-state index in [2.05, 4.69) is 189 Å². The van der Waals surface area contributed by atoms with E-state index < -0.39 is 5.41 Å². The van der Waals surface area contributed by atoms with Gasteiger partial charge in [-0.1, -0.05) is 90.4 Å². The van der Waals surface area contributed by atoms with Crippen molar-refractivity contribution in [2.24, 2.45) is 5.92 Å². The van der Waals surface area contributed by atoms with Crippen LogP contribution < -0.4 is 9.80 Å². The molecule has 0 amide bonds. The molecule has 284 valence electrons. The highest BCUT2D eigenvalue weighted by molar-refractivity contribution is 5.97. The highest BCUT2D eigenvalue weighted by atomic mass is 15.2. The van der Waals surface area contributed by atoms with E-state index in [1.165, 1.54) is 28.1 Å². The zero-order valence-electron chi connectivity index (χ0n) is 33.9. The van der Waals surface area contributed by atoms with E-state index in [1.54, 1.807) is 0 Å². The van der Waals surface area contributed by atoms with Gasteiger partial charge in [-0.25, -0.2) is 0 Å². The molecule has 1 unspecified atom stereocenters. The number of hydrogen-bond acceptors (Lipinski definition) is 4. The second-order valence-corrected chi connectivity index (χ2v) is 16.7. The molecule has 4 aliphatic rings. The van der Waals surface area contributed by atoms with Crippen molar-refractivity contribution in [2.45, 2.75) is 52.4 Å². The molecule has 1 atom stereocenters. The van der Waals surface area contributed by atoms with Gasteiger partial charge in [0.05, 0.1) is 28.7 Å². The summed E-state index contributed by atoms with van der Waals surface area (Å²) in [6.07, 6.45) is 14.5. The number of aryl methyl sites for hydroxylation is 2. The number of nitriles is 2. The van der Waals surface area contributed by atoms with Crippen LogP contribution in [0.1, 0.15) is 77.6 Å². The zero-order valence-corrected chi connectivity index (χ0v) is 33.9. The standard InChI is InChI=1S/C55H44N4/c1-35-5-15-41(16-6-35)58(42-17-7-36(2)8-18-42)45-23-27-49-50-28-24-46(59(43-19-9-37(3)10-20-43)44-21-11-38(4)12-22-44)32-54(50)55(53(49)31-45)51-29-39(33-56)13-25-47(51)48-26-14-40(34-57)30-52(48)55/h5-9,11,13-21,23-32,37H,10,12,22H2,1-4H3. The minimum Gasteiger partial charge on any atom is -0.315 e. The molecule has 59 heavy (non-hydrogen) atoms. The maximum Gasteiger partial charge on any atom is 0.0991 e. The van der Waals surface area contributed by atoms with E-state index in [1.807, 2.05) is 12.1 Å². The Labute approximate surface area is 347 Å². The van der Waals surface area contributed by atoms with Crippen LogP contribution >= 0.6 is 0 Å². The monoisotopic (exact) mass is 760 g/mol. The highest BCUT2D eigenvalue weighted by Gasteiger charge is 2.52. The lowest BCUT2D eigenvalue weighted by molar-refractivity contribution is 0.724. The fourth-order valence-corrected chi connectivity index (χ4v) is 9.74. The van der Waals surface area contributed by atoms with E-state index in [4.69, 9.17) is 0 Å². The van der Waals surface area contributed by atoms with Crippen LogP contribution in [0.5, 0.6) is 0 Å². The summed E-state index contributed by atoms with van der Waals surface area (Å²) in [5, 5.41) is 20.8. The predicted octanol–water partition coefficient (Wildman–Crippen LogP) is 13.8. The molecule has 0 radical (unpaired) electrons. The van der Waals surface area contributed by atoms with E-state index in [0.29, 0.717) is 17.0 Å². The van der Waals surface area contributed by atoms with Gasteiger partial charge in [-0.05, 0) is 175 Å². The molecule has 4 heteroatoms. The van der Waals surface area contributed by atoms with Crippen LogP contribution in [-0.2, 0) is 5.41 Å². The summed E-state index contributed by atoms with van der Waals surface area (Å²) in [5.41, 5.74) is 19.9. The van der Waals surface area contributed by atoms with Gasteiger partial charge in [0.15, 0.2) is 0 Å². The smallest absolute Gasteiger partial charge is 0.0991 e. The number of hydrogen-bond donors (Lipinski definition) is 0. The maximum absolute atomic E-state index is 10.4. The maximum atomic E-state index is 10.4. The fourth-order valence-electron chi connectivity index (χ4n) is 9.74. The fraction of sp³-hybridized carbons (Fsp3) is 0.164. The first-order chi connectivity index (χ1) is 28.8. The molecule has 6 aromatic carbocycles. The number of nitrogens with zero attached hydrogens (tertiary/aromatic N) is 4. The summed E-state index contributed by atoms with van der Waals surface area (Å²) in [7, 11) is 0. The SMILES string of the molecule is CC1=CC=C(N(C2=CCC(C)C=C2)c2ccc3c(c2)C2(c4cc(C#N)ccc4-c4ccc(C#N)cc42)c2cc(N(c4ccc(C)cc4)c4ccc(C)cc4)ccc2-3)CC1. The minimum absolute atomic E-state index is 0.490. The second-order valence-electron chi connectivity index (χ2n) is 16.7. The lowest BCUT2D eigenvalue weighted by Crippen LogP contribution is -2.28. The Balaban J connectivity index is 1.27. The summed E-state index contributed by atoms with van der Waals surface area (Å²) >= 11 is 0. The summed E-state index contributed by atoms with van der Waals surface area (Å²) in [6, 6.07) is 48.5. The Morgan fingerprint density at radius 1 is 0.542 bits per heavy atom. The lowest BCUT2D eigenvalue weighted by Gasteiger charge is -2.35. The largest absolute Gasteiger partial charge is 0.315 e. The third-order valence-electron chi connectivity index (χ3n) is 12.8. The summed E-state index contributed by atoms with van der Waals surface area (Å²) < 4.78 is 0. The van der Waals surface area contributed by atoms with Gasteiger partial charge >= 0.3 is 0 Å². The molecule has 0 aromatic heterocycles. The van der Waals surface area contributed by atoms with Crippen molar-refractivity contribution in [3.8, 4) is 34.4 Å². The van der Waals surface area contributed by atoms with Gasteiger partial charge in [-0.15, -0.1) is 0 Å². The average molecular weight is 761 g/mol. The molecular weight excluding hydrogens is 717 g/mol. The third-order valence-corrected chi connectivity index (χ3v) is 12.8. The van der Waals surface area contributed by atoms with E-state index >= 15 is 0 Å². The van der Waals surface area contributed by atoms with Crippen molar-refractivity contribution in [1.82, 2.24) is 0 Å². The molecule has 0 N–H and O–H groups in total. The van der Waals surface area contributed by atoms with E-state index in [0.717, 1.165) is 86.5 Å². The molecule has 6 aromatic rings. The third kappa shape index (κ3) is 5.79. The van der Waals surface area contributed by atoms with Crippen LogP contribution in [0.15, 0.2) is 169 Å². The zero-order chi connectivity index (χ0) is 40.4. The van der Waals surface area contributed by atoms with Crippen molar-refractivity contribution >= 4 is 22.7 Å². The normalized spacial score (nSPS) is 16.4. The average Bonchev–Trinajstić information content (AvgIpc) is 3.72. The number of rotatable bonds is 6. The molecule has 0 aliphatic heterocycles. The number of fused-ring (bicyclic) bond motifs is 10. The van der Waals surface area contributed by atoms with Gasteiger partial charge in [0, 0.05) is 34.1 Å². The molecule has 0 heterocycles. The summed E-state index contributed by atoms with van der Waals surface area (Å²) in [5.74, 6) is 0.490. The van der Waals surface area contributed by atoms with Crippen molar-refractivity contribution in [3.63, 3.8) is 0 Å². The molecule has 0 saturated carbocycles. The summed E-state index contributed by atoms with van der Waals surface area (Å²) in [6.45, 7) is 8.72. The second kappa shape index (κ2) is 14.1. The van der Waals surface area contributed by atoms with Crippen molar-refractivity contribution in [1.29, 1.82) is 10.5 Å². The molecule has 1 spiro atoms. The van der Waals surface area contributed by atoms with Crippen LogP contribution in [0, 0.1) is 42.4 Å². The van der Waals surface area contributed by atoms with Crippen LogP contribution in [0.3, 0.4) is 0 Å². The van der Waals surface area contributed by atoms with Crippen molar-refractivity contribution < 1.29 is 0 Å². The van der Waals surface area contributed by atoms with Crippen LogP contribution in [0.4, 0.5) is 22.7 Å². The van der Waals surface area contributed by atoms with Gasteiger partial charge in [0.25, 0.3) is 0 Å². The van der Waals surface area contributed by atoms with Gasteiger partial charge in [-0.2, -0.15) is 10.5 Å². The Bertz CT molecular complexity index is 2820. The molecule has 0 fully saturated rings. The lowest BCUT2D eigenvalue weighted by atomic mass is 9.70. The first-order valence-corrected chi connectivity index (χ1v) is 20.6. The van der Waals surface area contributed by atoms with Gasteiger partial charge in [0.1, 0.15) is 0 Å². The van der Waals surface area contributed by atoms with Crippen molar-refractivity contribution in [3.05, 3.63) is 213 Å². The van der Waals surface area contributed by atoms with E-state index in [9.17, 15) is 10.5 Å². The Kier molecular flexibility index (Phi) is 8.63. The number of benzene rings is 6. The first-order valence-electron chi connectivity index (χ1n) is 20.6. The molecular formula is C55H44N4. The molecule has 10 rings (SSSR count). The van der Waals surface area contributed by atoms with Gasteiger partial charge < -0.3 is 9.80 Å². The molecule has 0 bridgehead atoms. The van der Waals surface area contributed by atoms with Crippen LogP contribution in [0.2, 0.25) is 0 Å².